The van der Waals surface area contributed by atoms with Crippen LogP contribution in [0.2, 0.25) is 0 Å². The van der Waals surface area contributed by atoms with Crippen molar-refractivity contribution in [3.63, 3.8) is 0 Å². The van der Waals surface area contributed by atoms with Gasteiger partial charge in [-0.1, -0.05) is 32.9 Å². The van der Waals surface area contributed by atoms with Crippen LogP contribution >= 0.6 is 0 Å². The van der Waals surface area contributed by atoms with E-state index in [2.05, 4.69) is 39.0 Å². The maximum atomic E-state index is 10.0. The largest absolute Gasteiger partial charge is 0.491 e. The maximum absolute atomic E-state index is 10.0. The number of aryl methyl sites for hydroxylation is 1. The number of hydrogen-bond acceptors (Lipinski definition) is 4. The molecule has 0 aliphatic rings. The van der Waals surface area contributed by atoms with Gasteiger partial charge in [0.25, 0.3) is 0 Å². The summed E-state index contributed by atoms with van der Waals surface area (Å²) >= 11 is 0. The fourth-order valence-corrected chi connectivity index (χ4v) is 2.21. The van der Waals surface area contributed by atoms with Crippen LogP contribution in [0.3, 0.4) is 0 Å². The molecular weight excluding hydrogens is 276 g/mol. The Morgan fingerprint density at radius 3 is 2.59 bits per heavy atom. The monoisotopic (exact) mass is 304 g/mol. The highest BCUT2D eigenvalue weighted by Crippen LogP contribution is 2.27. The lowest BCUT2D eigenvalue weighted by atomic mass is 9.86. The maximum Gasteiger partial charge on any atom is 0.122 e. The SMILES string of the molecule is Cc1cc(C(C)(C)C)ccc1OC[C@H](O)CN(C)CCC#N. The van der Waals surface area contributed by atoms with Crippen LogP contribution in [0.5, 0.6) is 5.75 Å². The highest BCUT2D eigenvalue weighted by Gasteiger charge is 2.15. The van der Waals surface area contributed by atoms with Crippen molar-refractivity contribution < 1.29 is 9.84 Å². The third-order valence-electron chi connectivity index (χ3n) is 3.60. The molecule has 4 nitrogen and oxygen atoms in total. The number of rotatable bonds is 7. The van der Waals surface area contributed by atoms with Gasteiger partial charge in [-0.05, 0) is 36.6 Å². The summed E-state index contributed by atoms with van der Waals surface area (Å²) in [4.78, 5) is 1.94. The Bertz CT molecular complexity index is 515. The van der Waals surface area contributed by atoms with Gasteiger partial charge in [-0.15, -0.1) is 0 Å². The second-order valence-corrected chi connectivity index (χ2v) is 6.87. The van der Waals surface area contributed by atoms with E-state index in [4.69, 9.17) is 10.00 Å². The summed E-state index contributed by atoms with van der Waals surface area (Å²) in [5.74, 6) is 0.812. The normalized spacial score (nSPS) is 13.0. The molecule has 0 bridgehead atoms. The fraction of sp³-hybridized carbons (Fsp3) is 0.611. The van der Waals surface area contributed by atoms with Crippen LogP contribution in [0.25, 0.3) is 0 Å². The zero-order valence-electron chi connectivity index (χ0n) is 14.4. The standard InChI is InChI=1S/C18H28N2O2/c1-14-11-15(18(2,3)4)7-8-17(14)22-13-16(21)12-20(5)10-6-9-19/h7-8,11,16,21H,6,10,12-13H2,1-5H3/t16-/m1/s1. The highest BCUT2D eigenvalue weighted by atomic mass is 16.5. The molecule has 0 heterocycles. The molecule has 0 amide bonds. The van der Waals surface area contributed by atoms with Gasteiger partial charge in [0.15, 0.2) is 0 Å². The molecule has 1 atom stereocenters. The molecule has 22 heavy (non-hydrogen) atoms. The number of nitriles is 1. The average Bonchev–Trinajstić information content (AvgIpc) is 2.42. The Hall–Kier alpha value is -1.57. The quantitative estimate of drug-likeness (QED) is 0.841. The fourth-order valence-electron chi connectivity index (χ4n) is 2.21. The minimum absolute atomic E-state index is 0.117. The Morgan fingerprint density at radius 1 is 1.36 bits per heavy atom. The minimum Gasteiger partial charge on any atom is -0.491 e. The topological polar surface area (TPSA) is 56.5 Å². The van der Waals surface area contributed by atoms with E-state index in [1.54, 1.807) is 0 Å². The summed E-state index contributed by atoms with van der Waals surface area (Å²) < 4.78 is 5.73. The van der Waals surface area contributed by atoms with Crippen LogP contribution in [0.1, 0.15) is 38.3 Å². The lowest BCUT2D eigenvalue weighted by Crippen LogP contribution is -2.33. The van der Waals surface area contributed by atoms with Gasteiger partial charge in [0.2, 0.25) is 0 Å². The Morgan fingerprint density at radius 2 is 2.05 bits per heavy atom. The lowest BCUT2D eigenvalue weighted by Gasteiger charge is -2.22. The van der Waals surface area contributed by atoms with E-state index in [0.29, 0.717) is 19.5 Å². The number of hydrogen-bond donors (Lipinski definition) is 1. The average molecular weight is 304 g/mol. The molecule has 1 rings (SSSR count). The van der Waals surface area contributed by atoms with Gasteiger partial charge in [0, 0.05) is 19.5 Å². The molecular formula is C18H28N2O2. The second kappa shape index (κ2) is 8.17. The first-order valence-corrected chi connectivity index (χ1v) is 7.71. The molecule has 0 fully saturated rings. The number of aliphatic hydroxyl groups excluding tert-OH is 1. The van der Waals surface area contributed by atoms with Crippen LogP contribution in [0, 0.1) is 18.3 Å². The molecule has 0 aliphatic heterocycles. The van der Waals surface area contributed by atoms with Crippen molar-refractivity contribution in [3.05, 3.63) is 29.3 Å². The zero-order valence-corrected chi connectivity index (χ0v) is 14.4. The van der Waals surface area contributed by atoms with Gasteiger partial charge >= 0.3 is 0 Å². The molecule has 1 N–H and O–H groups in total. The van der Waals surface area contributed by atoms with Gasteiger partial charge in [-0.2, -0.15) is 5.26 Å². The first kappa shape index (κ1) is 18.5. The van der Waals surface area contributed by atoms with Crippen LogP contribution in [-0.4, -0.2) is 42.9 Å². The van der Waals surface area contributed by atoms with Gasteiger partial charge in [0.05, 0.1) is 6.07 Å². The van der Waals surface area contributed by atoms with Crippen LogP contribution < -0.4 is 4.74 Å². The summed E-state index contributed by atoms with van der Waals surface area (Å²) in [5.41, 5.74) is 2.47. The molecule has 0 saturated carbocycles. The van der Waals surface area contributed by atoms with Gasteiger partial charge < -0.3 is 14.7 Å². The molecule has 1 aromatic carbocycles. The van der Waals surface area contributed by atoms with E-state index < -0.39 is 6.10 Å². The van der Waals surface area contributed by atoms with Crippen LogP contribution in [0.15, 0.2) is 18.2 Å². The summed E-state index contributed by atoms with van der Waals surface area (Å²) in [6, 6.07) is 8.29. The predicted octanol–water partition coefficient (Wildman–Crippen LogP) is 2.88. The van der Waals surface area contributed by atoms with E-state index in [9.17, 15) is 5.11 Å². The molecule has 1 aromatic rings. The third-order valence-corrected chi connectivity index (χ3v) is 3.60. The molecule has 0 aliphatic carbocycles. The second-order valence-electron chi connectivity index (χ2n) is 6.87. The molecule has 0 unspecified atom stereocenters. The van der Waals surface area contributed by atoms with Gasteiger partial charge in [0.1, 0.15) is 18.5 Å². The van der Waals surface area contributed by atoms with Crippen molar-refractivity contribution in [3.8, 4) is 11.8 Å². The van der Waals surface area contributed by atoms with Crippen LogP contribution in [0.4, 0.5) is 0 Å². The molecule has 122 valence electrons. The van der Waals surface area contributed by atoms with E-state index in [1.807, 2.05) is 24.9 Å². The van der Waals surface area contributed by atoms with Crippen molar-refractivity contribution in [2.75, 3.05) is 26.7 Å². The van der Waals surface area contributed by atoms with Crippen molar-refractivity contribution in [2.24, 2.45) is 0 Å². The first-order chi connectivity index (χ1) is 10.2. The number of benzene rings is 1. The number of likely N-dealkylation sites (N-methyl/N-ethyl adjacent to an activating group) is 1. The molecule has 0 spiro atoms. The van der Waals surface area contributed by atoms with Gasteiger partial charge in [-0.25, -0.2) is 0 Å². The zero-order chi connectivity index (χ0) is 16.8. The molecule has 0 radical (unpaired) electrons. The van der Waals surface area contributed by atoms with Crippen molar-refractivity contribution in [1.29, 1.82) is 5.26 Å². The summed E-state index contributed by atoms with van der Waals surface area (Å²) in [6.07, 6.45) is -0.0948. The summed E-state index contributed by atoms with van der Waals surface area (Å²) in [7, 11) is 1.89. The molecule has 0 aromatic heterocycles. The number of nitrogens with zero attached hydrogens (tertiary/aromatic N) is 2. The predicted molar refractivity (Wildman–Crippen MR) is 89.1 cm³/mol. The molecule has 0 saturated heterocycles. The van der Waals surface area contributed by atoms with E-state index in [0.717, 1.165) is 11.3 Å². The van der Waals surface area contributed by atoms with E-state index in [-0.39, 0.29) is 12.0 Å². The molecule has 4 heteroatoms. The van der Waals surface area contributed by atoms with Crippen molar-refractivity contribution in [2.45, 2.75) is 45.6 Å². The lowest BCUT2D eigenvalue weighted by molar-refractivity contribution is 0.0767. The number of aliphatic hydroxyl groups is 1. The Kier molecular flexibility index (Phi) is 6.86. The third kappa shape index (κ3) is 6.05. The number of ether oxygens (including phenoxy) is 1. The highest BCUT2D eigenvalue weighted by molar-refractivity contribution is 5.38. The van der Waals surface area contributed by atoms with Gasteiger partial charge in [-0.3, -0.25) is 0 Å². The Balaban J connectivity index is 2.53. The van der Waals surface area contributed by atoms with E-state index >= 15 is 0 Å². The summed E-state index contributed by atoms with van der Waals surface area (Å²) in [6.45, 7) is 9.99. The van der Waals surface area contributed by atoms with E-state index in [1.165, 1.54) is 5.56 Å². The Labute approximate surface area is 134 Å². The van der Waals surface area contributed by atoms with Crippen molar-refractivity contribution in [1.82, 2.24) is 4.90 Å². The first-order valence-electron chi connectivity index (χ1n) is 7.71. The smallest absolute Gasteiger partial charge is 0.122 e. The summed E-state index contributed by atoms with van der Waals surface area (Å²) in [5, 5.41) is 18.6. The van der Waals surface area contributed by atoms with Crippen molar-refractivity contribution >= 4 is 0 Å². The van der Waals surface area contributed by atoms with Crippen LogP contribution in [-0.2, 0) is 5.41 Å². The minimum atomic E-state index is -0.564.